The van der Waals surface area contributed by atoms with Crippen LogP contribution in [0, 0.1) is 13.8 Å². The smallest absolute Gasteiger partial charge is 0.0603 e. The van der Waals surface area contributed by atoms with E-state index < -0.39 is 0 Å². The molecule has 2 nitrogen and oxygen atoms in total. The lowest BCUT2D eigenvalue weighted by Gasteiger charge is -2.16. The standard InChI is InChI=1S/C17H22N2/c1-13-6-4-7-16(12-13)10-9-14(2)19-17-8-5-11-18-15(17)3/h4-8,11-12,14,19H,9-10H2,1-3H3. The fraction of sp³-hybridized carbons (Fsp3) is 0.353. The predicted octanol–water partition coefficient (Wildman–Crippen LogP) is 4.13. The minimum absolute atomic E-state index is 0.448. The summed E-state index contributed by atoms with van der Waals surface area (Å²) in [6.45, 7) is 6.40. The number of pyridine rings is 1. The zero-order valence-electron chi connectivity index (χ0n) is 12.0. The average Bonchev–Trinajstić information content (AvgIpc) is 2.39. The SMILES string of the molecule is Cc1cccc(CCC(C)Nc2cccnc2C)c1. The predicted molar refractivity (Wildman–Crippen MR) is 81.6 cm³/mol. The van der Waals surface area contributed by atoms with Gasteiger partial charge in [-0.3, -0.25) is 4.98 Å². The topological polar surface area (TPSA) is 24.9 Å². The number of benzene rings is 1. The Morgan fingerprint density at radius 1 is 1.16 bits per heavy atom. The summed E-state index contributed by atoms with van der Waals surface area (Å²) in [5.41, 5.74) is 4.95. The van der Waals surface area contributed by atoms with Crippen molar-refractivity contribution in [2.75, 3.05) is 5.32 Å². The van der Waals surface area contributed by atoms with E-state index in [1.165, 1.54) is 11.1 Å². The summed E-state index contributed by atoms with van der Waals surface area (Å²) in [5.74, 6) is 0. The van der Waals surface area contributed by atoms with Gasteiger partial charge in [-0.1, -0.05) is 29.8 Å². The molecule has 0 aliphatic carbocycles. The van der Waals surface area contributed by atoms with Crippen molar-refractivity contribution in [1.29, 1.82) is 0 Å². The summed E-state index contributed by atoms with van der Waals surface area (Å²) in [5, 5.41) is 3.53. The molecular formula is C17H22N2. The lowest BCUT2D eigenvalue weighted by molar-refractivity contribution is 0.704. The molecule has 100 valence electrons. The van der Waals surface area contributed by atoms with Crippen LogP contribution in [0.3, 0.4) is 0 Å². The molecule has 1 unspecified atom stereocenters. The zero-order chi connectivity index (χ0) is 13.7. The Balaban J connectivity index is 1.88. The van der Waals surface area contributed by atoms with Gasteiger partial charge >= 0.3 is 0 Å². The quantitative estimate of drug-likeness (QED) is 0.867. The molecule has 0 saturated carbocycles. The van der Waals surface area contributed by atoms with E-state index >= 15 is 0 Å². The van der Waals surface area contributed by atoms with Gasteiger partial charge in [0.2, 0.25) is 0 Å². The van der Waals surface area contributed by atoms with Gasteiger partial charge in [0.25, 0.3) is 0 Å². The van der Waals surface area contributed by atoms with Crippen LogP contribution in [0.15, 0.2) is 42.6 Å². The first kappa shape index (κ1) is 13.6. The van der Waals surface area contributed by atoms with Gasteiger partial charge in [0.1, 0.15) is 0 Å². The first-order valence-electron chi connectivity index (χ1n) is 6.89. The number of nitrogens with zero attached hydrogens (tertiary/aromatic N) is 1. The fourth-order valence-corrected chi connectivity index (χ4v) is 2.23. The number of hydrogen-bond donors (Lipinski definition) is 1. The Morgan fingerprint density at radius 2 is 2.00 bits per heavy atom. The van der Waals surface area contributed by atoms with Crippen molar-refractivity contribution >= 4 is 5.69 Å². The highest BCUT2D eigenvalue weighted by molar-refractivity contribution is 5.47. The highest BCUT2D eigenvalue weighted by Gasteiger charge is 2.05. The summed E-state index contributed by atoms with van der Waals surface area (Å²) >= 11 is 0. The maximum atomic E-state index is 4.30. The molecule has 0 radical (unpaired) electrons. The Kier molecular flexibility index (Phi) is 4.56. The van der Waals surface area contributed by atoms with Gasteiger partial charge in [-0.25, -0.2) is 0 Å². The van der Waals surface area contributed by atoms with Crippen LogP contribution in [0.1, 0.15) is 30.2 Å². The van der Waals surface area contributed by atoms with E-state index in [2.05, 4.69) is 54.5 Å². The van der Waals surface area contributed by atoms with Gasteiger partial charge in [-0.05, 0) is 51.3 Å². The van der Waals surface area contributed by atoms with E-state index in [9.17, 15) is 0 Å². The molecule has 0 bridgehead atoms. The number of aryl methyl sites for hydroxylation is 3. The Morgan fingerprint density at radius 3 is 2.74 bits per heavy atom. The number of hydrogen-bond acceptors (Lipinski definition) is 2. The Bertz CT molecular complexity index is 534. The lowest BCUT2D eigenvalue weighted by atomic mass is 10.0. The second kappa shape index (κ2) is 6.37. The Labute approximate surface area is 115 Å². The van der Waals surface area contributed by atoms with Crippen LogP contribution in [-0.2, 0) is 6.42 Å². The van der Waals surface area contributed by atoms with Gasteiger partial charge in [0, 0.05) is 12.2 Å². The summed E-state index contributed by atoms with van der Waals surface area (Å²) in [4.78, 5) is 4.30. The molecule has 1 aromatic heterocycles. The largest absolute Gasteiger partial charge is 0.381 e. The molecule has 0 fully saturated rings. The fourth-order valence-electron chi connectivity index (χ4n) is 2.23. The third-order valence-electron chi connectivity index (χ3n) is 3.36. The normalized spacial score (nSPS) is 12.2. The second-order valence-electron chi connectivity index (χ2n) is 5.21. The maximum Gasteiger partial charge on any atom is 0.0603 e. The van der Waals surface area contributed by atoms with Gasteiger partial charge in [0.05, 0.1) is 11.4 Å². The van der Waals surface area contributed by atoms with Crippen LogP contribution in [0.2, 0.25) is 0 Å². The highest BCUT2D eigenvalue weighted by Crippen LogP contribution is 2.14. The van der Waals surface area contributed by atoms with Crippen molar-refractivity contribution in [1.82, 2.24) is 4.98 Å². The minimum Gasteiger partial charge on any atom is -0.381 e. The molecular weight excluding hydrogens is 232 g/mol. The molecule has 2 heteroatoms. The second-order valence-corrected chi connectivity index (χ2v) is 5.21. The van der Waals surface area contributed by atoms with E-state index in [-0.39, 0.29) is 0 Å². The van der Waals surface area contributed by atoms with Crippen LogP contribution in [-0.4, -0.2) is 11.0 Å². The number of nitrogens with one attached hydrogen (secondary N) is 1. The average molecular weight is 254 g/mol. The lowest BCUT2D eigenvalue weighted by Crippen LogP contribution is -2.17. The molecule has 1 heterocycles. The summed E-state index contributed by atoms with van der Waals surface area (Å²) in [6.07, 6.45) is 4.06. The Hall–Kier alpha value is -1.83. The van der Waals surface area contributed by atoms with Crippen LogP contribution in [0.5, 0.6) is 0 Å². The van der Waals surface area contributed by atoms with Crippen molar-refractivity contribution in [3.63, 3.8) is 0 Å². The molecule has 0 spiro atoms. The van der Waals surface area contributed by atoms with Crippen LogP contribution in [0.25, 0.3) is 0 Å². The zero-order valence-corrected chi connectivity index (χ0v) is 12.0. The van der Waals surface area contributed by atoms with Gasteiger partial charge < -0.3 is 5.32 Å². The molecule has 0 amide bonds. The molecule has 1 aromatic carbocycles. The minimum atomic E-state index is 0.448. The monoisotopic (exact) mass is 254 g/mol. The number of rotatable bonds is 5. The summed E-state index contributed by atoms with van der Waals surface area (Å²) in [6, 6.07) is 13.3. The third kappa shape index (κ3) is 4.09. The van der Waals surface area contributed by atoms with Crippen LogP contribution >= 0.6 is 0 Å². The van der Waals surface area contributed by atoms with Crippen molar-refractivity contribution < 1.29 is 0 Å². The van der Waals surface area contributed by atoms with E-state index in [4.69, 9.17) is 0 Å². The highest BCUT2D eigenvalue weighted by atomic mass is 14.9. The molecule has 19 heavy (non-hydrogen) atoms. The van der Waals surface area contributed by atoms with E-state index in [0.29, 0.717) is 6.04 Å². The first-order chi connectivity index (χ1) is 9.15. The van der Waals surface area contributed by atoms with Crippen molar-refractivity contribution in [2.45, 2.75) is 39.7 Å². The third-order valence-corrected chi connectivity index (χ3v) is 3.36. The summed E-state index contributed by atoms with van der Waals surface area (Å²) in [7, 11) is 0. The van der Waals surface area contributed by atoms with Gasteiger partial charge in [0.15, 0.2) is 0 Å². The number of anilines is 1. The first-order valence-corrected chi connectivity index (χ1v) is 6.89. The maximum absolute atomic E-state index is 4.30. The van der Waals surface area contributed by atoms with Crippen LogP contribution in [0.4, 0.5) is 5.69 Å². The molecule has 2 rings (SSSR count). The van der Waals surface area contributed by atoms with E-state index in [1.54, 1.807) is 0 Å². The van der Waals surface area contributed by atoms with Gasteiger partial charge in [-0.15, -0.1) is 0 Å². The van der Waals surface area contributed by atoms with E-state index in [1.807, 2.05) is 19.2 Å². The molecule has 0 aliphatic rings. The van der Waals surface area contributed by atoms with Crippen LogP contribution < -0.4 is 5.32 Å². The van der Waals surface area contributed by atoms with Crippen molar-refractivity contribution in [3.05, 3.63) is 59.4 Å². The molecule has 2 aromatic rings. The molecule has 0 saturated heterocycles. The van der Waals surface area contributed by atoms with Gasteiger partial charge in [-0.2, -0.15) is 0 Å². The van der Waals surface area contributed by atoms with E-state index in [0.717, 1.165) is 24.2 Å². The van der Waals surface area contributed by atoms with Crippen molar-refractivity contribution in [2.24, 2.45) is 0 Å². The molecule has 0 aliphatic heterocycles. The summed E-state index contributed by atoms with van der Waals surface area (Å²) < 4.78 is 0. The van der Waals surface area contributed by atoms with Crippen molar-refractivity contribution in [3.8, 4) is 0 Å². The molecule has 1 atom stereocenters. The number of aromatic nitrogens is 1. The molecule has 1 N–H and O–H groups in total.